The molecule has 5 nitrogen and oxygen atoms in total. The molecule has 2 aromatic rings. The number of anilines is 1. The predicted octanol–water partition coefficient (Wildman–Crippen LogP) is 3.41. The van der Waals surface area contributed by atoms with Crippen LogP contribution in [-0.2, 0) is 12.8 Å². The Hall–Kier alpha value is -2.00. The number of nitrogens with zero attached hydrogens (tertiary/aromatic N) is 4. The maximum absolute atomic E-state index is 9.47. The van der Waals surface area contributed by atoms with Crippen molar-refractivity contribution in [3.63, 3.8) is 0 Å². The maximum Gasteiger partial charge on any atom is 0.167 e. The molecule has 0 bridgehead atoms. The minimum absolute atomic E-state index is 0.00211. The van der Waals surface area contributed by atoms with E-state index in [1.165, 1.54) is 4.88 Å². The van der Waals surface area contributed by atoms with Crippen LogP contribution in [-0.4, -0.2) is 15.2 Å². The fourth-order valence-electron chi connectivity index (χ4n) is 2.23. The lowest BCUT2D eigenvalue weighted by atomic mass is 10.0. The third-order valence-electron chi connectivity index (χ3n) is 3.32. The molecule has 1 atom stereocenters. The van der Waals surface area contributed by atoms with Gasteiger partial charge in [-0.15, -0.1) is 16.4 Å². The highest BCUT2D eigenvalue weighted by molar-refractivity contribution is 7.11. The second kappa shape index (κ2) is 6.64. The molecule has 6 heteroatoms. The van der Waals surface area contributed by atoms with Gasteiger partial charge in [-0.2, -0.15) is 10.4 Å². The molecule has 0 aliphatic rings. The second-order valence-corrected chi connectivity index (χ2v) is 6.11. The molecular formula is C15H19N5S. The molecule has 2 aromatic heterocycles. The normalized spacial score (nSPS) is 12.0. The summed E-state index contributed by atoms with van der Waals surface area (Å²) in [6, 6.07) is 2.27. The highest BCUT2D eigenvalue weighted by Crippen LogP contribution is 2.26. The molecular weight excluding hydrogens is 282 g/mol. The van der Waals surface area contributed by atoms with Crippen molar-refractivity contribution in [2.75, 3.05) is 5.32 Å². The van der Waals surface area contributed by atoms with Crippen LogP contribution in [0.4, 0.5) is 5.82 Å². The van der Waals surface area contributed by atoms with E-state index in [0.717, 1.165) is 29.1 Å². The van der Waals surface area contributed by atoms with E-state index in [9.17, 15) is 5.26 Å². The minimum atomic E-state index is 0.00211. The van der Waals surface area contributed by atoms with Crippen LogP contribution < -0.4 is 5.32 Å². The molecule has 2 rings (SSSR count). The summed E-state index contributed by atoms with van der Waals surface area (Å²) in [5, 5.41) is 22.2. The van der Waals surface area contributed by atoms with Crippen molar-refractivity contribution in [3.8, 4) is 6.07 Å². The van der Waals surface area contributed by atoms with Crippen LogP contribution in [0.1, 0.15) is 53.5 Å². The molecule has 21 heavy (non-hydrogen) atoms. The van der Waals surface area contributed by atoms with E-state index in [2.05, 4.69) is 26.6 Å². The lowest BCUT2D eigenvalue weighted by Gasteiger charge is -2.15. The zero-order valence-corrected chi connectivity index (χ0v) is 13.6. The van der Waals surface area contributed by atoms with E-state index in [-0.39, 0.29) is 6.04 Å². The third-order valence-corrected chi connectivity index (χ3v) is 4.42. The average molecular weight is 301 g/mol. The van der Waals surface area contributed by atoms with Gasteiger partial charge in [0.1, 0.15) is 16.6 Å². The Morgan fingerprint density at radius 1 is 1.33 bits per heavy atom. The molecule has 0 fully saturated rings. The van der Waals surface area contributed by atoms with Gasteiger partial charge in [0.05, 0.1) is 11.7 Å². The number of rotatable bonds is 5. The number of hydrogen-bond acceptors (Lipinski definition) is 6. The number of aromatic nitrogens is 3. The van der Waals surface area contributed by atoms with E-state index in [1.807, 2.05) is 33.9 Å². The van der Waals surface area contributed by atoms with Gasteiger partial charge in [-0.05, 0) is 32.3 Å². The Labute approximate surface area is 129 Å². The molecule has 0 aromatic carbocycles. The molecule has 110 valence electrons. The third kappa shape index (κ3) is 3.19. The lowest BCUT2D eigenvalue weighted by Crippen LogP contribution is -2.13. The number of aryl methyl sites for hydroxylation is 2. The minimum Gasteiger partial charge on any atom is -0.359 e. The fourth-order valence-corrected chi connectivity index (χ4v) is 3.01. The van der Waals surface area contributed by atoms with Crippen molar-refractivity contribution >= 4 is 17.2 Å². The first-order valence-corrected chi connectivity index (χ1v) is 7.89. The Bertz CT molecular complexity index is 671. The Morgan fingerprint density at radius 3 is 2.62 bits per heavy atom. The number of thiazole rings is 1. The van der Waals surface area contributed by atoms with Crippen molar-refractivity contribution in [2.45, 2.75) is 46.6 Å². The van der Waals surface area contributed by atoms with Crippen LogP contribution in [0, 0.1) is 18.3 Å². The zero-order valence-electron chi connectivity index (χ0n) is 12.8. The summed E-state index contributed by atoms with van der Waals surface area (Å²) >= 11 is 1.64. The number of nitriles is 1. The summed E-state index contributed by atoms with van der Waals surface area (Å²) in [6.45, 7) is 8.10. The lowest BCUT2D eigenvalue weighted by molar-refractivity contribution is 0.823. The van der Waals surface area contributed by atoms with Crippen molar-refractivity contribution in [1.29, 1.82) is 5.26 Å². The maximum atomic E-state index is 9.47. The van der Waals surface area contributed by atoms with Crippen LogP contribution in [0.3, 0.4) is 0 Å². The van der Waals surface area contributed by atoms with Gasteiger partial charge in [-0.1, -0.05) is 13.8 Å². The topological polar surface area (TPSA) is 74.5 Å². The number of hydrogen-bond donors (Lipinski definition) is 1. The standard InChI is InChI=1S/C15H19N5S/c1-5-11-12(7-16)14(20-19-13(11)6-2)18-10(4)15-17-8-9(3)21-15/h8,10H,5-6H2,1-4H3,(H,18,20). The zero-order chi connectivity index (χ0) is 15.4. The van der Waals surface area contributed by atoms with E-state index >= 15 is 0 Å². The number of nitrogens with one attached hydrogen (secondary N) is 1. The van der Waals surface area contributed by atoms with E-state index < -0.39 is 0 Å². The second-order valence-electron chi connectivity index (χ2n) is 4.84. The summed E-state index contributed by atoms with van der Waals surface area (Å²) in [6.07, 6.45) is 3.42. The van der Waals surface area contributed by atoms with Gasteiger partial charge in [0.25, 0.3) is 0 Å². The Morgan fingerprint density at radius 2 is 2.10 bits per heavy atom. The van der Waals surface area contributed by atoms with Crippen LogP contribution >= 0.6 is 11.3 Å². The summed E-state index contributed by atoms with van der Waals surface area (Å²) in [4.78, 5) is 5.54. The first-order valence-electron chi connectivity index (χ1n) is 7.08. The summed E-state index contributed by atoms with van der Waals surface area (Å²) in [7, 11) is 0. The largest absolute Gasteiger partial charge is 0.359 e. The van der Waals surface area contributed by atoms with Crippen LogP contribution in [0.5, 0.6) is 0 Å². The Balaban J connectivity index is 2.34. The molecule has 0 spiro atoms. The van der Waals surface area contributed by atoms with Gasteiger partial charge in [-0.3, -0.25) is 0 Å². The van der Waals surface area contributed by atoms with E-state index in [0.29, 0.717) is 11.4 Å². The van der Waals surface area contributed by atoms with Gasteiger partial charge in [0.2, 0.25) is 0 Å². The van der Waals surface area contributed by atoms with Gasteiger partial charge in [0, 0.05) is 11.1 Å². The van der Waals surface area contributed by atoms with Crippen molar-refractivity contribution in [2.24, 2.45) is 0 Å². The van der Waals surface area contributed by atoms with E-state index in [1.54, 1.807) is 11.3 Å². The van der Waals surface area contributed by atoms with Crippen molar-refractivity contribution < 1.29 is 0 Å². The fraction of sp³-hybridized carbons (Fsp3) is 0.467. The monoisotopic (exact) mass is 301 g/mol. The average Bonchev–Trinajstić information content (AvgIpc) is 2.93. The predicted molar refractivity (Wildman–Crippen MR) is 84.4 cm³/mol. The SMILES string of the molecule is CCc1nnc(NC(C)c2ncc(C)s2)c(C#N)c1CC. The molecule has 0 saturated heterocycles. The van der Waals surface area contributed by atoms with Crippen LogP contribution in [0.25, 0.3) is 0 Å². The molecule has 0 aliphatic heterocycles. The molecule has 1 N–H and O–H groups in total. The first-order chi connectivity index (χ1) is 10.1. The van der Waals surface area contributed by atoms with Gasteiger partial charge >= 0.3 is 0 Å². The summed E-state index contributed by atoms with van der Waals surface area (Å²) < 4.78 is 0. The molecule has 1 unspecified atom stereocenters. The molecule has 2 heterocycles. The summed E-state index contributed by atoms with van der Waals surface area (Å²) in [5.41, 5.74) is 2.49. The van der Waals surface area contributed by atoms with Crippen molar-refractivity contribution in [3.05, 3.63) is 32.9 Å². The molecule has 0 amide bonds. The first kappa shape index (κ1) is 15.4. The smallest absolute Gasteiger partial charge is 0.167 e. The molecule has 0 radical (unpaired) electrons. The van der Waals surface area contributed by atoms with Gasteiger partial charge < -0.3 is 5.32 Å². The van der Waals surface area contributed by atoms with Crippen LogP contribution in [0.2, 0.25) is 0 Å². The summed E-state index contributed by atoms with van der Waals surface area (Å²) in [5.74, 6) is 0.548. The van der Waals surface area contributed by atoms with E-state index in [4.69, 9.17) is 0 Å². The van der Waals surface area contributed by atoms with Gasteiger partial charge in [-0.25, -0.2) is 4.98 Å². The highest BCUT2D eigenvalue weighted by Gasteiger charge is 2.17. The Kier molecular flexibility index (Phi) is 4.86. The van der Waals surface area contributed by atoms with Crippen LogP contribution in [0.15, 0.2) is 6.20 Å². The van der Waals surface area contributed by atoms with Gasteiger partial charge in [0.15, 0.2) is 5.82 Å². The van der Waals surface area contributed by atoms with Crippen molar-refractivity contribution in [1.82, 2.24) is 15.2 Å². The molecule has 0 saturated carbocycles. The quantitative estimate of drug-likeness (QED) is 0.916. The molecule has 0 aliphatic carbocycles. The highest BCUT2D eigenvalue weighted by atomic mass is 32.1.